The molecule has 0 unspecified atom stereocenters. The lowest BCUT2D eigenvalue weighted by Crippen LogP contribution is -2.14. The Hall–Kier alpha value is -1.77. The fourth-order valence-corrected chi connectivity index (χ4v) is 1.23. The standard InChI is InChI=1S/C12H15NO2/c1-4-7-15-12(14)13-11-6-5-9(2)8-10(11)3/h4-6,8H,1,7H2,2-3H3,(H,13,14). The maximum absolute atomic E-state index is 11.2. The van der Waals surface area contributed by atoms with Gasteiger partial charge in [-0.15, -0.1) is 0 Å². The molecule has 1 aromatic carbocycles. The molecule has 1 N–H and O–H groups in total. The van der Waals surface area contributed by atoms with Gasteiger partial charge in [-0.1, -0.05) is 30.4 Å². The van der Waals surface area contributed by atoms with Crippen LogP contribution in [0.1, 0.15) is 11.1 Å². The highest BCUT2D eigenvalue weighted by atomic mass is 16.5. The molecule has 0 aliphatic carbocycles. The molecule has 0 aliphatic heterocycles. The Labute approximate surface area is 89.8 Å². The zero-order valence-electron chi connectivity index (χ0n) is 9.04. The van der Waals surface area contributed by atoms with Gasteiger partial charge in [0, 0.05) is 5.69 Å². The normalized spacial score (nSPS) is 9.47. The summed E-state index contributed by atoms with van der Waals surface area (Å²) in [4.78, 5) is 11.2. The van der Waals surface area contributed by atoms with Crippen LogP contribution in [-0.4, -0.2) is 12.7 Å². The number of ether oxygens (including phenoxy) is 1. The van der Waals surface area contributed by atoms with E-state index < -0.39 is 6.09 Å². The van der Waals surface area contributed by atoms with E-state index in [-0.39, 0.29) is 6.61 Å². The summed E-state index contributed by atoms with van der Waals surface area (Å²) in [7, 11) is 0. The topological polar surface area (TPSA) is 38.3 Å². The molecular formula is C12H15NO2. The number of hydrogen-bond acceptors (Lipinski definition) is 2. The van der Waals surface area contributed by atoms with Crippen LogP contribution in [0.3, 0.4) is 0 Å². The Balaban J connectivity index is 2.64. The summed E-state index contributed by atoms with van der Waals surface area (Å²) in [5.74, 6) is 0. The van der Waals surface area contributed by atoms with E-state index in [9.17, 15) is 4.79 Å². The summed E-state index contributed by atoms with van der Waals surface area (Å²) >= 11 is 0. The molecule has 0 aromatic heterocycles. The molecule has 0 saturated heterocycles. The molecule has 15 heavy (non-hydrogen) atoms. The van der Waals surface area contributed by atoms with E-state index in [0.29, 0.717) is 0 Å². The Morgan fingerprint density at radius 2 is 2.27 bits per heavy atom. The summed E-state index contributed by atoms with van der Waals surface area (Å²) in [6.45, 7) is 7.63. The minimum Gasteiger partial charge on any atom is -0.445 e. The lowest BCUT2D eigenvalue weighted by atomic mass is 10.1. The van der Waals surface area contributed by atoms with Gasteiger partial charge in [-0.3, -0.25) is 5.32 Å². The van der Waals surface area contributed by atoms with Gasteiger partial charge in [0.2, 0.25) is 0 Å². The van der Waals surface area contributed by atoms with Crippen LogP contribution < -0.4 is 5.32 Å². The van der Waals surface area contributed by atoms with Crippen LogP contribution in [0.15, 0.2) is 30.9 Å². The zero-order valence-corrected chi connectivity index (χ0v) is 9.04. The Kier molecular flexibility index (Phi) is 3.92. The van der Waals surface area contributed by atoms with Crippen molar-refractivity contribution in [2.45, 2.75) is 13.8 Å². The maximum Gasteiger partial charge on any atom is 0.411 e. The van der Waals surface area contributed by atoms with E-state index >= 15 is 0 Å². The molecule has 0 spiro atoms. The van der Waals surface area contributed by atoms with Crippen molar-refractivity contribution in [1.29, 1.82) is 0 Å². The van der Waals surface area contributed by atoms with Crippen LogP contribution in [0.2, 0.25) is 0 Å². The second-order valence-electron chi connectivity index (χ2n) is 3.33. The first-order valence-corrected chi connectivity index (χ1v) is 4.75. The predicted molar refractivity (Wildman–Crippen MR) is 61.1 cm³/mol. The predicted octanol–water partition coefficient (Wildman–Crippen LogP) is 3.04. The fourth-order valence-electron chi connectivity index (χ4n) is 1.23. The van der Waals surface area contributed by atoms with Crippen LogP contribution >= 0.6 is 0 Å². The second kappa shape index (κ2) is 5.20. The van der Waals surface area contributed by atoms with Gasteiger partial charge in [0.1, 0.15) is 6.61 Å². The number of hydrogen-bond donors (Lipinski definition) is 1. The lowest BCUT2D eigenvalue weighted by molar-refractivity contribution is 0.174. The summed E-state index contributed by atoms with van der Waals surface area (Å²) < 4.78 is 4.81. The number of amides is 1. The second-order valence-corrected chi connectivity index (χ2v) is 3.33. The highest BCUT2D eigenvalue weighted by molar-refractivity contribution is 5.85. The van der Waals surface area contributed by atoms with Crippen LogP contribution in [0.25, 0.3) is 0 Å². The van der Waals surface area contributed by atoms with Crippen LogP contribution in [0.5, 0.6) is 0 Å². The largest absolute Gasteiger partial charge is 0.445 e. The van der Waals surface area contributed by atoms with E-state index in [1.165, 1.54) is 6.08 Å². The van der Waals surface area contributed by atoms with Crippen molar-refractivity contribution in [2.24, 2.45) is 0 Å². The van der Waals surface area contributed by atoms with Gasteiger partial charge in [-0.25, -0.2) is 4.79 Å². The van der Waals surface area contributed by atoms with Gasteiger partial charge in [0.15, 0.2) is 0 Å². The van der Waals surface area contributed by atoms with E-state index in [1.807, 2.05) is 32.0 Å². The molecule has 0 heterocycles. The number of aryl methyl sites for hydroxylation is 2. The number of benzene rings is 1. The molecule has 0 bridgehead atoms. The summed E-state index contributed by atoms with van der Waals surface area (Å²) in [5, 5.41) is 2.66. The summed E-state index contributed by atoms with van der Waals surface area (Å²) in [6.07, 6.45) is 1.07. The van der Waals surface area contributed by atoms with Gasteiger partial charge in [0.25, 0.3) is 0 Å². The molecule has 1 amide bonds. The quantitative estimate of drug-likeness (QED) is 0.770. The summed E-state index contributed by atoms with van der Waals surface area (Å²) in [5.41, 5.74) is 2.96. The average Bonchev–Trinajstić information content (AvgIpc) is 2.19. The van der Waals surface area contributed by atoms with Gasteiger partial charge in [-0.2, -0.15) is 0 Å². The number of rotatable bonds is 3. The van der Waals surface area contributed by atoms with E-state index in [2.05, 4.69) is 11.9 Å². The first-order valence-electron chi connectivity index (χ1n) is 4.75. The van der Waals surface area contributed by atoms with Crippen molar-refractivity contribution >= 4 is 11.8 Å². The third kappa shape index (κ3) is 3.46. The van der Waals surface area contributed by atoms with Crippen molar-refractivity contribution in [1.82, 2.24) is 0 Å². The molecule has 1 aromatic rings. The van der Waals surface area contributed by atoms with Crippen molar-refractivity contribution in [2.75, 3.05) is 11.9 Å². The molecular weight excluding hydrogens is 190 g/mol. The number of carbonyl (C=O) groups excluding carboxylic acids is 1. The van der Waals surface area contributed by atoms with Crippen molar-refractivity contribution in [3.8, 4) is 0 Å². The molecule has 3 nitrogen and oxygen atoms in total. The zero-order chi connectivity index (χ0) is 11.3. The molecule has 1 rings (SSSR count). The highest BCUT2D eigenvalue weighted by Gasteiger charge is 2.04. The summed E-state index contributed by atoms with van der Waals surface area (Å²) in [6, 6.07) is 5.80. The fraction of sp³-hybridized carbons (Fsp3) is 0.250. The Morgan fingerprint density at radius 1 is 1.53 bits per heavy atom. The van der Waals surface area contributed by atoms with E-state index in [4.69, 9.17) is 4.74 Å². The molecule has 0 fully saturated rings. The van der Waals surface area contributed by atoms with Crippen LogP contribution in [-0.2, 0) is 4.74 Å². The first-order chi connectivity index (χ1) is 7.13. The van der Waals surface area contributed by atoms with Gasteiger partial charge in [-0.05, 0) is 25.5 Å². The highest BCUT2D eigenvalue weighted by Crippen LogP contribution is 2.15. The molecule has 0 radical (unpaired) electrons. The smallest absolute Gasteiger partial charge is 0.411 e. The third-order valence-corrected chi connectivity index (χ3v) is 1.95. The monoisotopic (exact) mass is 205 g/mol. The minimum absolute atomic E-state index is 0.219. The number of anilines is 1. The lowest BCUT2D eigenvalue weighted by Gasteiger charge is -2.08. The SMILES string of the molecule is C=CCOC(=O)Nc1ccc(C)cc1C. The average molecular weight is 205 g/mol. The number of nitrogens with one attached hydrogen (secondary N) is 1. The first kappa shape index (κ1) is 11.3. The van der Waals surface area contributed by atoms with Crippen LogP contribution in [0.4, 0.5) is 10.5 Å². The van der Waals surface area contributed by atoms with Crippen molar-refractivity contribution in [3.63, 3.8) is 0 Å². The molecule has 3 heteroatoms. The Bertz CT molecular complexity index is 372. The maximum atomic E-state index is 11.2. The number of carbonyl (C=O) groups is 1. The van der Waals surface area contributed by atoms with Gasteiger partial charge in [0.05, 0.1) is 0 Å². The van der Waals surface area contributed by atoms with Crippen molar-refractivity contribution < 1.29 is 9.53 Å². The van der Waals surface area contributed by atoms with Gasteiger partial charge < -0.3 is 4.74 Å². The van der Waals surface area contributed by atoms with E-state index in [1.54, 1.807) is 0 Å². The van der Waals surface area contributed by atoms with Crippen LogP contribution in [0, 0.1) is 13.8 Å². The minimum atomic E-state index is -0.457. The Morgan fingerprint density at radius 3 is 2.87 bits per heavy atom. The van der Waals surface area contributed by atoms with E-state index in [0.717, 1.165) is 16.8 Å². The van der Waals surface area contributed by atoms with Gasteiger partial charge >= 0.3 is 6.09 Å². The molecule has 0 aliphatic rings. The molecule has 0 saturated carbocycles. The molecule has 80 valence electrons. The van der Waals surface area contributed by atoms with Crippen molar-refractivity contribution in [3.05, 3.63) is 42.0 Å². The molecule has 0 atom stereocenters. The third-order valence-electron chi connectivity index (χ3n) is 1.95.